The van der Waals surface area contributed by atoms with E-state index in [0.29, 0.717) is 11.8 Å². The zero-order valence-corrected chi connectivity index (χ0v) is 7.49. The standard InChI is InChI=1S/C9H18O2/c1-5-4-8(10)7(3)9(11)6(5)2/h5-11H,4H2,1-3H3/t5-,6+,7+,8-,9+/m1/s1. The van der Waals surface area contributed by atoms with Gasteiger partial charge in [-0.2, -0.15) is 0 Å². The van der Waals surface area contributed by atoms with Crippen LogP contribution in [0.5, 0.6) is 0 Å². The predicted molar refractivity (Wildman–Crippen MR) is 44.1 cm³/mol. The van der Waals surface area contributed by atoms with Crippen LogP contribution in [0.3, 0.4) is 0 Å². The van der Waals surface area contributed by atoms with E-state index in [0.717, 1.165) is 6.42 Å². The molecule has 0 heterocycles. The lowest BCUT2D eigenvalue weighted by molar-refractivity contribution is -0.0672. The van der Waals surface area contributed by atoms with Gasteiger partial charge < -0.3 is 10.2 Å². The van der Waals surface area contributed by atoms with Crippen LogP contribution in [-0.4, -0.2) is 22.4 Å². The summed E-state index contributed by atoms with van der Waals surface area (Å²) in [4.78, 5) is 0. The molecule has 66 valence electrons. The largest absolute Gasteiger partial charge is 0.393 e. The highest BCUT2D eigenvalue weighted by Crippen LogP contribution is 2.33. The van der Waals surface area contributed by atoms with Crippen LogP contribution in [0.15, 0.2) is 0 Å². The summed E-state index contributed by atoms with van der Waals surface area (Å²) < 4.78 is 0. The molecule has 0 radical (unpaired) electrons. The molecule has 0 aliphatic heterocycles. The highest BCUT2D eigenvalue weighted by atomic mass is 16.3. The van der Waals surface area contributed by atoms with Gasteiger partial charge in [0.2, 0.25) is 0 Å². The molecule has 0 saturated heterocycles. The van der Waals surface area contributed by atoms with Crippen molar-refractivity contribution in [3.63, 3.8) is 0 Å². The van der Waals surface area contributed by atoms with Crippen LogP contribution in [0.1, 0.15) is 27.2 Å². The third-order valence-electron chi connectivity index (χ3n) is 3.20. The van der Waals surface area contributed by atoms with Gasteiger partial charge in [-0.25, -0.2) is 0 Å². The summed E-state index contributed by atoms with van der Waals surface area (Å²) in [6.45, 7) is 6.05. The highest BCUT2D eigenvalue weighted by molar-refractivity contribution is 4.86. The summed E-state index contributed by atoms with van der Waals surface area (Å²) in [5, 5.41) is 19.1. The van der Waals surface area contributed by atoms with E-state index in [-0.39, 0.29) is 18.1 Å². The minimum absolute atomic E-state index is 0.0428. The Kier molecular flexibility index (Phi) is 2.55. The molecule has 1 aliphatic rings. The fraction of sp³-hybridized carbons (Fsp3) is 1.00. The van der Waals surface area contributed by atoms with Gasteiger partial charge in [-0.1, -0.05) is 20.8 Å². The van der Waals surface area contributed by atoms with Gasteiger partial charge in [-0.05, 0) is 18.3 Å². The van der Waals surface area contributed by atoms with Crippen LogP contribution < -0.4 is 0 Å². The second-order valence-corrected chi connectivity index (χ2v) is 3.99. The predicted octanol–water partition coefficient (Wildman–Crippen LogP) is 1.02. The van der Waals surface area contributed by atoms with Crippen molar-refractivity contribution in [2.75, 3.05) is 0 Å². The fourth-order valence-electron chi connectivity index (χ4n) is 1.85. The quantitative estimate of drug-likeness (QED) is 0.552. The maximum absolute atomic E-state index is 9.63. The highest BCUT2D eigenvalue weighted by Gasteiger charge is 2.36. The number of aliphatic hydroxyl groups excluding tert-OH is 2. The summed E-state index contributed by atoms with van der Waals surface area (Å²) in [5.74, 6) is 0.811. The molecule has 2 heteroatoms. The molecular weight excluding hydrogens is 140 g/mol. The second-order valence-electron chi connectivity index (χ2n) is 3.99. The molecule has 0 spiro atoms. The van der Waals surface area contributed by atoms with Crippen molar-refractivity contribution in [1.82, 2.24) is 0 Å². The van der Waals surface area contributed by atoms with E-state index in [9.17, 15) is 10.2 Å². The van der Waals surface area contributed by atoms with E-state index in [2.05, 4.69) is 13.8 Å². The molecule has 1 fully saturated rings. The topological polar surface area (TPSA) is 40.5 Å². The smallest absolute Gasteiger partial charge is 0.0618 e. The van der Waals surface area contributed by atoms with E-state index in [1.807, 2.05) is 6.92 Å². The molecular formula is C9H18O2. The van der Waals surface area contributed by atoms with Gasteiger partial charge in [-0.3, -0.25) is 0 Å². The van der Waals surface area contributed by atoms with Crippen LogP contribution in [0.25, 0.3) is 0 Å². The van der Waals surface area contributed by atoms with Gasteiger partial charge in [0.25, 0.3) is 0 Å². The summed E-state index contributed by atoms with van der Waals surface area (Å²) in [6, 6.07) is 0. The Morgan fingerprint density at radius 1 is 1.00 bits per heavy atom. The first kappa shape index (κ1) is 9.01. The Morgan fingerprint density at radius 2 is 1.55 bits per heavy atom. The molecule has 5 atom stereocenters. The van der Waals surface area contributed by atoms with E-state index in [1.54, 1.807) is 0 Å². The Bertz CT molecular complexity index is 122. The van der Waals surface area contributed by atoms with Crippen molar-refractivity contribution >= 4 is 0 Å². The fourth-order valence-corrected chi connectivity index (χ4v) is 1.85. The molecule has 2 nitrogen and oxygen atoms in total. The van der Waals surface area contributed by atoms with E-state index in [1.165, 1.54) is 0 Å². The third kappa shape index (κ3) is 1.57. The molecule has 0 bridgehead atoms. The maximum atomic E-state index is 9.63. The minimum Gasteiger partial charge on any atom is -0.393 e. The molecule has 1 aliphatic carbocycles. The lowest BCUT2D eigenvalue weighted by Crippen LogP contribution is -2.43. The van der Waals surface area contributed by atoms with E-state index < -0.39 is 0 Å². The molecule has 1 saturated carbocycles. The van der Waals surface area contributed by atoms with Crippen LogP contribution in [0, 0.1) is 17.8 Å². The van der Waals surface area contributed by atoms with Crippen molar-refractivity contribution in [3.05, 3.63) is 0 Å². The molecule has 0 aromatic rings. The number of hydrogen-bond donors (Lipinski definition) is 2. The molecule has 2 N–H and O–H groups in total. The molecule has 0 aromatic heterocycles. The zero-order chi connectivity index (χ0) is 8.59. The van der Waals surface area contributed by atoms with Crippen LogP contribution in [-0.2, 0) is 0 Å². The number of rotatable bonds is 0. The van der Waals surface area contributed by atoms with Crippen molar-refractivity contribution in [1.29, 1.82) is 0 Å². The van der Waals surface area contributed by atoms with Crippen molar-refractivity contribution in [3.8, 4) is 0 Å². The number of aliphatic hydroxyl groups is 2. The van der Waals surface area contributed by atoms with Gasteiger partial charge >= 0.3 is 0 Å². The van der Waals surface area contributed by atoms with Crippen molar-refractivity contribution < 1.29 is 10.2 Å². The van der Waals surface area contributed by atoms with Gasteiger partial charge in [0.05, 0.1) is 12.2 Å². The summed E-state index contributed by atoms with van der Waals surface area (Å²) >= 11 is 0. The first-order chi connectivity index (χ1) is 5.04. The molecule has 11 heavy (non-hydrogen) atoms. The van der Waals surface area contributed by atoms with Crippen LogP contribution in [0.2, 0.25) is 0 Å². The van der Waals surface area contributed by atoms with Gasteiger partial charge in [0.1, 0.15) is 0 Å². The Hall–Kier alpha value is -0.0800. The Morgan fingerprint density at radius 3 is 2.09 bits per heavy atom. The summed E-state index contributed by atoms with van der Waals surface area (Å²) in [6.07, 6.45) is 0.198. The molecule has 1 rings (SSSR count). The SMILES string of the molecule is C[C@@H]1[C@H](O)[C@@H](C)[C@H](O)C[C@H]1C. The average Bonchev–Trinajstić information content (AvgIpc) is 1.97. The van der Waals surface area contributed by atoms with Gasteiger partial charge in [0.15, 0.2) is 0 Å². The Balaban J connectivity index is 2.63. The molecule has 0 aromatic carbocycles. The molecule has 0 amide bonds. The summed E-state index contributed by atoms with van der Waals surface area (Å²) in [5.41, 5.74) is 0. The normalized spacial score (nSPS) is 52.6. The first-order valence-electron chi connectivity index (χ1n) is 4.40. The van der Waals surface area contributed by atoms with Gasteiger partial charge in [-0.15, -0.1) is 0 Å². The number of hydrogen-bond acceptors (Lipinski definition) is 2. The van der Waals surface area contributed by atoms with E-state index in [4.69, 9.17) is 0 Å². The minimum atomic E-state index is -0.325. The lowest BCUT2D eigenvalue weighted by Gasteiger charge is -2.38. The van der Waals surface area contributed by atoms with Gasteiger partial charge in [0, 0.05) is 5.92 Å². The first-order valence-corrected chi connectivity index (χ1v) is 4.40. The van der Waals surface area contributed by atoms with Crippen LogP contribution >= 0.6 is 0 Å². The molecule has 0 unspecified atom stereocenters. The lowest BCUT2D eigenvalue weighted by atomic mass is 9.73. The average molecular weight is 158 g/mol. The second kappa shape index (κ2) is 3.11. The third-order valence-corrected chi connectivity index (χ3v) is 3.20. The summed E-state index contributed by atoms with van der Waals surface area (Å²) in [7, 11) is 0. The monoisotopic (exact) mass is 158 g/mol. The maximum Gasteiger partial charge on any atom is 0.0618 e. The van der Waals surface area contributed by atoms with Crippen molar-refractivity contribution in [2.45, 2.75) is 39.4 Å². The van der Waals surface area contributed by atoms with Crippen LogP contribution in [0.4, 0.5) is 0 Å². The Labute approximate surface area is 68.2 Å². The van der Waals surface area contributed by atoms with E-state index >= 15 is 0 Å². The zero-order valence-electron chi connectivity index (χ0n) is 7.49. The van der Waals surface area contributed by atoms with Crippen molar-refractivity contribution in [2.24, 2.45) is 17.8 Å².